The lowest BCUT2D eigenvalue weighted by Gasteiger charge is -2.22. The number of halogens is 2. The highest BCUT2D eigenvalue weighted by Crippen LogP contribution is 2.44. The molecule has 1 fully saturated rings. The maximum Gasteiger partial charge on any atom is 0.407 e. The minimum atomic E-state index is -3.24. The van der Waals surface area contributed by atoms with Gasteiger partial charge in [-0.1, -0.05) is 54.6 Å². The summed E-state index contributed by atoms with van der Waals surface area (Å²) >= 11 is 0. The van der Waals surface area contributed by atoms with E-state index in [9.17, 15) is 28.3 Å². The molecule has 5 rings (SSSR count). The van der Waals surface area contributed by atoms with Crippen molar-refractivity contribution in [2.24, 2.45) is 0 Å². The van der Waals surface area contributed by atoms with E-state index < -0.39 is 48.9 Å². The average molecular weight is 482 g/mol. The number of fused-ring (bicyclic) bond motifs is 3. The summed E-state index contributed by atoms with van der Waals surface area (Å²) in [6.07, 6.45) is 0.481. The van der Waals surface area contributed by atoms with E-state index in [0.29, 0.717) is 11.3 Å². The third-order valence-corrected chi connectivity index (χ3v) is 6.87. The zero-order chi connectivity index (χ0) is 24.7. The van der Waals surface area contributed by atoms with Crippen molar-refractivity contribution < 1.29 is 33.0 Å². The van der Waals surface area contributed by atoms with Crippen molar-refractivity contribution in [3.8, 4) is 11.1 Å². The number of benzene rings is 2. The molecule has 0 saturated carbocycles. The second kappa shape index (κ2) is 8.79. The first kappa shape index (κ1) is 23.0. The summed E-state index contributed by atoms with van der Waals surface area (Å²) in [5, 5.41) is 12.0. The van der Waals surface area contributed by atoms with Gasteiger partial charge in [0.1, 0.15) is 12.6 Å². The van der Waals surface area contributed by atoms with Gasteiger partial charge in [-0.3, -0.25) is 4.79 Å². The highest BCUT2D eigenvalue weighted by molar-refractivity contribution is 5.97. The Balaban J connectivity index is 1.17. The van der Waals surface area contributed by atoms with Gasteiger partial charge < -0.3 is 20.1 Å². The molecule has 9 heteroatoms. The molecule has 0 spiro atoms. The maximum atomic E-state index is 13.7. The fourth-order valence-corrected chi connectivity index (χ4v) is 5.24. The van der Waals surface area contributed by atoms with Crippen molar-refractivity contribution in [3.63, 3.8) is 0 Å². The van der Waals surface area contributed by atoms with Gasteiger partial charge in [0, 0.05) is 24.0 Å². The van der Waals surface area contributed by atoms with Gasteiger partial charge in [0.15, 0.2) is 0 Å². The van der Waals surface area contributed by atoms with Crippen LogP contribution in [0.5, 0.6) is 0 Å². The van der Waals surface area contributed by atoms with E-state index in [1.54, 1.807) is 6.08 Å². The molecule has 0 aromatic heterocycles. The van der Waals surface area contributed by atoms with E-state index in [0.717, 1.165) is 22.3 Å². The Hall–Kier alpha value is -3.75. The van der Waals surface area contributed by atoms with Crippen LogP contribution in [-0.4, -0.2) is 59.1 Å². The van der Waals surface area contributed by atoms with Crippen molar-refractivity contribution in [3.05, 3.63) is 71.3 Å². The monoisotopic (exact) mass is 482 g/mol. The quantitative estimate of drug-likeness (QED) is 0.673. The number of alkyl carbamates (subject to hydrolysis) is 1. The molecule has 7 nitrogen and oxygen atoms in total. The number of carbonyl (C=O) groups is 3. The van der Waals surface area contributed by atoms with Gasteiger partial charge in [-0.25, -0.2) is 18.4 Å². The van der Waals surface area contributed by atoms with Crippen LogP contribution in [0.2, 0.25) is 0 Å². The smallest absolute Gasteiger partial charge is 0.407 e. The molecular formula is C26H24F2N2O5. The minimum absolute atomic E-state index is 0.0863. The van der Waals surface area contributed by atoms with Crippen LogP contribution in [0.15, 0.2) is 60.2 Å². The van der Waals surface area contributed by atoms with E-state index in [-0.39, 0.29) is 24.5 Å². The fourth-order valence-electron chi connectivity index (χ4n) is 5.24. The van der Waals surface area contributed by atoms with Crippen molar-refractivity contribution in [2.45, 2.75) is 43.2 Å². The Morgan fingerprint density at radius 3 is 2.31 bits per heavy atom. The second-order valence-corrected chi connectivity index (χ2v) is 9.18. The zero-order valence-electron chi connectivity index (χ0n) is 18.7. The number of ether oxygens (including phenoxy) is 1. The number of carboxylic acid groups (broad SMARTS) is 1. The average Bonchev–Trinajstić information content (AvgIpc) is 3.51. The minimum Gasteiger partial charge on any atom is -0.480 e. The number of amides is 2. The first-order chi connectivity index (χ1) is 16.7. The number of aliphatic carboxylic acids is 1. The summed E-state index contributed by atoms with van der Waals surface area (Å²) in [6, 6.07) is 14.0. The van der Waals surface area contributed by atoms with Gasteiger partial charge in [0.05, 0.1) is 6.54 Å². The van der Waals surface area contributed by atoms with Gasteiger partial charge in [0.25, 0.3) is 5.92 Å². The number of alkyl halides is 2. The number of likely N-dealkylation sites (tertiary alicyclic amines) is 1. The van der Waals surface area contributed by atoms with Gasteiger partial charge in [-0.2, -0.15) is 0 Å². The molecule has 1 aliphatic heterocycles. The molecule has 2 atom stereocenters. The number of hydrogen-bond donors (Lipinski definition) is 2. The first-order valence-electron chi connectivity index (χ1n) is 11.5. The molecule has 3 aliphatic rings. The van der Waals surface area contributed by atoms with Crippen molar-refractivity contribution in [1.29, 1.82) is 0 Å². The van der Waals surface area contributed by atoms with Crippen LogP contribution in [0.25, 0.3) is 11.1 Å². The summed E-state index contributed by atoms with van der Waals surface area (Å²) in [5.74, 6) is -5.51. The SMILES string of the molecule is O=C(NC1CC=C(C(=O)N2CC(F)(F)CC2C(=O)O)C1)OCC1c2ccccc2-c2ccccc21. The van der Waals surface area contributed by atoms with Gasteiger partial charge in [0.2, 0.25) is 5.91 Å². The van der Waals surface area contributed by atoms with Crippen LogP contribution in [0, 0.1) is 0 Å². The van der Waals surface area contributed by atoms with Crippen molar-refractivity contribution in [2.75, 3.05) is 13.2 Å². The molecule has 2 aromatic rings. The lowest BCUT2D eigenvalue weighted by Crippen LogP contribution is -2.42. The normalized spacial score (nSPS) is 22.3. The zero-order valence-corrected chi connectivity index (χ0v) is 18.7. The molecule has 2 aliphatic carbocycles. The Morgan fingerprint density at radius 2 is 1.69 bits per heavy atom. The Bertz CT molecular complexity index is 1180. The predicted molar refractivity (Wildman–Crippen MR) is 122 cm³/mol. The lowest BCUT2D eigenvalue weighted by atomic mass is 9.98. The van der Waals surface area contributed by atoms with E-state index in [1.165, 1.54) is 0 Å². The topological polar surface area (TPSA) is 95.9 Å². The van der Waals surface area contributed by atoms with Crippen LogP contribution in [0.1, 0.15) is 36.3 Å². The summed E-state index contributed by atoms with van der Waals surface area (Å²) in [7, 11) is 0. The van der Waals surface area contributed by atoms with Crippen LogP contribution < -0.4 is 5.32 Å². The Morgan fingerprint density at radius 1 is 1.06 bits per heavy atom. The maximum absolute atomic E-state index is 13.7. The molecule has 2 N–H and O–H groups in total. The summed E-state index contributed by atoms with van der Waals surface area (Å²) in [4.78, 5) is 37.3. The molecule has 0 radical (unpaired) electrons. The molecular weight excluding hydrogens is 458 g/mol. The molecule has 2 unspecified atom stereocenters. The number of rotatable bonds is 5. The molecule has 182 valence electrons. The van der Waals surface area contributed by atoms with E-state index in [1.807, 2.05) is 48.5 Å². The lowest BCUT2D eigenvalue weighted by molar-refractivity contribution is -0.146. The highest BCUT2D eigenvalue weighted by Gasteiger charge is 2.50. The molecule has 0 bridgehead atoms. The van der Waals surface area contributed by atoms with E-state index >= 15 is 0 Å². The van der Waals surface area contributed by atoms with Gasteiger partial charge in [-0.05, 0) is 35.1 Å². The standard InChI is InChI=1S/C26H24F2N2O5/c27-26(28)12-22(24(32)33)30(14-26)23(31)15-9-10-16(11-15)29-25(34)35-13-21-19-7-3-1-5-17(19)18-6-2-4-8-20(18)21/h1-9,16,21-22H,10-14H2,(H,29,34)(H,32,33). The first-order valence-corrected chi connectivity index (χ1v) is 11.5. The van der Waals surface area contributed by atoms with Crippen LogP contribution in [-0.2, 0) is 14.3 Å². The molecule has 1 saturated heterocycles. The van der Waals surface area contributed by atoms with Crippen LogP contribution in [0.3, 0.4) is 0 Å². The Kier molecular flexibility index (Phi) is 5.78. The van der Waals surface area contributed by atoms with Crippen LogP contribution >= 0.6 is 0 Å². The van der Waals surface area contributed by atoms with Crippen LogP contribution in [0.4, 0.5) is 13.6 Å². The third kappa shape index (κ3) is 4.38. The number of hydrogen-bond acceptors (Lipinski definition) is 4. The van der Waals surface area contributed by atoms with Gasteiger partial charge >= 0.3 is 12.1 Å². The number of nitrogens with zero attached hydrogens (tertiary/aromatic N) is 1. The van der Waals surface area contributed by atoms with E-state index in [4.69, 9.17) is 4.74 Å². The van der Waals surface area contributed by atoms with Crippen molar-refractivity contribution >= 4 is 18.0 Å². The fraction of sp³-hybridized carbons (Fsp3) is 0.346. The number of carboxylic acids is 1. The molecule has 2 amide bonds. The number of nitrogens with one attached hydrogen (secondary N) is 1. The summed E-state index contributed by atoms with van der Waals surface area (Å²) < 4.78 is 33.0. The molecule has 1 heterocycles. The summed E-state index contributed by atoms with van der Waals surface area (Å²) in [5.41, 5.74) is 4.64. The predicted octanol–water partition coefficient (Wildman–Crippen LogP) is 3.93. The third-order valence-electron chi connectivity index (χ3n) is 6.87. The highest BCUT2D eigenvalue weighted by atomic mass is 19.3. The summed E-state index contributed by atoms with van der Waals surface area (Å²) in [6.45, 7) is -0.778. The molecule has 35 heavy (non-hydrogen) atoms. The number of carbonyl (C=O) groups excluding carboxylic acids is 2. The van der Waals surface area contributed by atoms with E-state index in [2.05, 4.69) is 5.32 Å². The van der Waals surface area contributed by atoms with Crippen molar-refractivity contribution in [1.82, 2.24) is 10.2 Å². The van der Waals surface area contributed by atoms with Gasteiger partial charge in [-0.15, -0.1) is 0 Å². The largest absolute Gasteiger partial charge is 0.480 e. The molecule has 2 aromatic carbocycles. The second-order valence-electron chi connectivity index (χ2n) is 9.18. The Labute approximate surface area is 200 Å².